The van der Waals surface area contributed by atoms with Crippen LogP contribution in [0.15, 0.2) is 18.2 Å². The molecule has 1 N–H and O–H groups in total. The molecule has 1 fully saturated rings. The van der Waals surface area contributed by atoms with Gasteiger partial charge in [-0.2, -0.15) is 0 Å². The van der Waals surface area contributed by atoms with E-state index in [1.165, 1.54) is 0 Å². The van der Waals surface area contributed by atoms with Gasteiger partial charge in [-0.15, -0.1) is 0 Å². The fraction of sp³-hybridized carbons (Fsp3) is 0.556. The van der Waals surface area contributed by atoms with Gasteiger partial charge in [-0.25, -0.2) is 4.79 Å². The SMILES string of the molecule is O=C(O)c1cccc2c1CCN(C(=O)CCC1CCOCC1)C2. The summed E-state index contributed by atoms with van der Waals surface area (Å²) in [6.07, 6.45) is 4.25. The van der Waals surface area contributed by atoms with Crippen molar-refractivity contribution in [3.8, 4) is 0 Å². The van der Waals surface area contributed by atoms with Gasteiger partial charge in [-0.05, 0) is 48.8 Å². The number of carboxylic acids is 1. The van der Waals surface area contributed by atoms with Gasteiger partial charge in [0.05, 0.1) is 5.56 Å². The van der Waals surface area contributed by atoms with Crippen LogP contribution in [0.3, 0.4) is 0 Å². The van der Waals surface area contributed by atoms with E-state index in [1.807, 2.05) is 11.0 Å². The lowest BCUT2D eigenvalue weighted by Gasteiger charge is -2.30. The fourth-order valence-electron chi connectivity index (χ4n) is 3.54. The fourth-order valence-corrected chi connectivity index (χ4v) is 3.54. The quantitative estimate of drug-likeness (QED) is 0.926. The minimum absolute atomic E-state index is 0.183. The Balaban J connectivity index is 1.59. The number of carbonyl (C=O) groups excluding carboxylic acids is 1. The Morgan fingerprint density at radius 2 is 2.04 bits per heavy atom. The lowest BCUT2D eigenvalue weighted by atomic mass is 9.93. The molecule has 0 radical (unpaired) electrons. The zero-order valence-corrected chi connectivity index (χ0v) is 13.3. The highest BCUT2D eigenvalue weighted by Crippen LogP contribution is 2.25. The predicted molar refractivity (Wildman–Crippen MR) is 85.3 cm³/mol. The Morgan fingerprint density at radius 3 is 2.78 bits per heavy atom. The Labute approximate surface area is 136 Å². The molecule has 23 heavy (non-hydrogen) atoms. The first-order chi connectivity index (χ1) is 11.1. The first kappa shape index (κ1) is 16.0. The van der Waals surface area contributed by atoms with Crippen LogP contribution >= 0.6 is 0 Å². The molecule has 1 amide bonds. The van der Waals surface area contributed by atoms with E-state index in [0.717, 1.165) is 43.6 Å². The van der Waals surface area contributed by atoms with Crippen molar-refractivity contribution < 1.29 is 19.4 Å². The summed E-state index contributed by atoms with van der Waals surface area (Å²) in [5.74, 6) is -0.104. The van der Waals surface area contributed by atoms with Crippen LogP contribution in [-0.2, 0) is 22.5 Å². The summed E-state index contributed by atoms with van der Waals surface area (Å²) in [4.78, 5) is 25.6. The first-order valence-corrected chi connectivity index (χ1v) is 8.34. The molecule has 0 atom stereocenters. The van der Waals surface area contributed by atoms with Crippen molar-refractivity contribution in [3.63, 3.8) is 0 Å². The van der Waals surface area contributed by atoms with Crippen LogP contribution in [0.5, 0.6) is 0 Å². The molecule has 5 nitrogen and oxygen atoms in total. The second-order valence-corrected chi connectivity index (χ2v) is 6.41. The van der Waals surface area contributed by atoms with Crippen LogP contribution in [-0.4, -0.2) is 41.6 Å². The Morgan fingerprint density at radius 1 is 1.26 bits per heavy atom. The van der Waals surface area contributed by atoms with E-state index in [4.69, 9.17) is 4.74 Å². The number of benzene rings is 1. The number of hydrogen-bond acceptors (Lipinski definition) is 3. The molecule has 0 saturated carbocycles. The first-order valence-electron chi connectivity index (χ1n) is 8.34. The van der Waals surface area contributed by atoms with Crippen LogP contribution in [0.25, 0.3) is 0 Å². The van der Waals surface area contributed by atoms with Crippen molar-refractivity contribution >= 4 is 11.9 Å². The summed E-state index contributed by atoms with van der Waals surface area (Å²) < 4.78 is 5.35. The van der Waals surface area contributed by atoms with Crippen molar-refractivity contribution in [2.45, 2.75) is 38.6 Å². The van der Waals surface area contributed by atoms with Crippen LogP contribution < -0.4 is 0 Å². The van der Waals surface area contributed by atoms with E-state index in [9.17, 15) is 14.7 Å². The zero-order valence-electron chi connectivity index (χ0n) is 13.3. The maximum absolute atomic E-state index is 12.4. The van der Waals surface area contributed by atoms with E-state index in [-0.39, 0.29) is 5.91 Å². The van der Waals surface area contributed by atoms with Gasteiger partial charge in [0, 0.05) is 32.7 Å². The minimum atomic E-state index is -0.888. The highest BCUT2D eigenvalue weighted by atomic mass is 16.5. The molecule has 2 heterocycles. The molecule has 1 aromatic carbocycles. The summed E-state index contributed by atoms with van der Waals surface area (Å²) in [6.45, 7) is 2.77. The van der Waals surface area contributed by atoms with Crippen molar-refractivity contribution in [3.05, 3.63) is 34.9 Å². The molecule has 0 spiro atoms. The number of carbonyl (C=O) groups is 2. The van der Waals surface area contributed by atoms with Gasteiger partial charge >= 0.3 is 5.97 Å². The molecule has 1 aromatic rings. The third-order valence-electron chi connectivity index (χ3n) is 4.96. The van der Waals surface area contributed by atoms with Crippen LogP contribution in [0.1, 0.15) is 47.2 Å². The van der Waals surface area contributed by atoms with E-state index in [2.05, 4.69) is 0 Å². The zero-order chi connectivity index (χ0) is 16.2. The Bertz CT molecular complexity index is 593. The average molecular weight is 317 g/mol. The number of hydrogen-bond donors (Lipinski definition) is 1. The van der Waals surface area contributed by atoms with E-state index in [0.29, 0.717) is 37.4 Å². The third-order valence-corrected chi connectivity index (χ3v) is 4.96. The summed E-state index contributed by atoms with van der Waals surface area (Å²) in [5.41, 5.74) is 2.22. The van der Waals surface area contributed by atoms with Gasteiger partial charge in [0.2, 0.25) is 5.91 Å². The highest BCUT2D eigenvalue weighted by Gasteiger charge is 2.24. The second kappa shape index (κ2) is 7.13. The summed E-state index contributed by atoms with van der Waals surface area (Å²) in [7, 11) is 0. The Hall–Kier alpha value is -1.88. The number of carboxylic acid groups (broad SMARTS) is 1. The molecule has 2 aliphatic rings. The molecule has 1 saturated heterocycles. The topological polar surface area (TPSA) is 66.8 Å². The molecular formula is C18H23NO4. The third kappa shape index (κ3) is 3.72. The monoisotopic (exact) mass is 317 g/mol. The van der Waals surface area contributed by atoms with E-state index in [1.54, 1.807) is 12.1 Å². The van der Waals surface area contributed by atoms with Crippen LogP contribution in [0.2, 0.25) is 0 Å². The predicted octanol–water partition coefficient (Wildman–Crippen LogP) is 2.48. The standard InChI is InChI=1S/C18H23NO4/c20-17(5-4-13-7-10-23-11-8-13)19-9-6-15-14(12-19)2-1-3-16(15)18(21)22/h1-3,13H,4-12H2,(H,21,22). The number of ether oxygens (including phenoxy) is 1. The molecular weight excluding hydrogens is 294 g/mol. The molecule has 2 aliphatic heterocycles. The lowest BCUT2D eigenvalue weighted by Crippen LogP contribution is -2.36. The van der Waals surface area contributed by atoms with Gasteiger partial charge < -0.3 is 14.7 Å². The van der Waals surface area contributed by atoms with Crippen LogP contribution in [0, 0.1) is 5.92 Å². The number of rotatable bonds is 4. The minimum Gasteiger partial charge on any atom is -0.478 e. The number of nitrogens with zero attached hydrogens (tertiary/aromatic N) is 1. The van der Waals surface area contributed by atoms with Crippen molar-refractivity contribution in [2.75, 3.05) is 19.8 Å². The number of fused-ring (bicyclic) bond motifs is 1. The Kier molecular flexibility index (Phi) is 4.96. The van der Waals surface area contributed by atoms with Crippen molar-refractivity contribution in [1.29, 1.82) is 0 Å². The van der Waals surface area contributed by atoms with Gasteiger partial charge in [-0.1, -0.05) is 12.1 Å². The number of aromatic carboxylic acids is 1. The molecule has 0 unspecified atom stereocenters. The molecule has 5 heteroatoms. The molecule has 0 bridgehead atoms. The summed E-state index contributed by atoms with van der Waals surface area (Å²) in [6, 6.07) is 5.34. The maximum Gasteiger partial charge on any atom is 0.335 e. The highest BCUT2D eigenvalue weighted by molar-refractivity contribution is 5.90. The van der Waals surface area contributed by atoms with E-state index < -0.39 is 5.97 Å². The molecule has 0 aromatic heterocycles. The van der Waals surface area contributed by atoms with Gasteiger partial charge in [0.1, 0.15) is 0 Å². The van der Waals surface area contributed by atoms with Gasteiger partial charge in [-0.3, -0.25) is 4.79 Å². The van der Waals surface area contributed by atoms with Gasteiger partial charge in [0.15, 0.2) is 0 Å². The molecule has 124 valence electrons. The molecule has 0 aliphatic carbocycles. The van der Waals surface area contributed by atoms with E-state index >= 15 is 0 Å². The summed E-state index contributed by atoms with van der Waals surface area (Å²) >= 11 is 0. The average Bonchev–Trinajstić information content (AvgIpc) is 2.59. The van der Waals surface area contributed by atoms with Crippen molar-refractivity contribution in [1.82, 2.24) is 4.90 Å². The smallest absolute Gasteiger partial charge is 0.335 e. The second-order valence-electron chi connectivity index (χ2n) is 6.41. The summed E-state index contributed by atoms with van der Waals surface area (Å²) in [5, 5.41) is 9.25. The molecule has 3 rings (SSSR count). The number of amides is 1. The lowest BCUT2D eigenvalue weighted by molar-refractivity contribution is -0.132. The normalized spacial score (nSPS) is 18.5. The van der Waals surface area contributed by atoms with Crippen molar-refractivity contribution in [2.24, 2.45) is 5.92 Å². The van der Waals surface area contributed by atoms with Gasteiger partial charge in [0.25, 0.3) is 0 Å². The maximum atomic E-state index is 12.4. The largest absolute Gasteiger partial charge is 0.478 e. The van der Waals surface area contributed by atoms with Crippen LogP contribution in [0.4, 0.5) is 0 Å².